The molecule has 26 heavy (non-hydrogen) atoms. The van der Waals surface area contributed by atoms with Gasteiger partial charge in [-0.05, 0) is 24.3 Å². The van der Waals surface area contributed by atoms with E-state index in [1.165, 1.54) is 42.8 Å². The van der Waals surface area contributed by atoms with Crippen molar-refractivity contribution in [3.63, 3.8) is 0 Å². The first-order valence-corrected chi connectivity index (χ1v) is 7.02. The molecule has 0 radical (unpaired) electrons. The summed E-state index contributed by atoms with van der Waals surface area (Å²) in [6, 6.07) is 9.26. The van der Waals surface area contributed by atoms with Crippen LogP contribution in [-0.2, 0) is 12.4 Å². The molecule has 0 spiro atoms. The Balaban J connectivity index is 0.00000338. The monoisotopic (exact) mass is 394 g/mol. The standard InChI is InChI=1S/C17H12F6N2.ClH/c18-16(19,20)12-4-1-6-14(10-12)24-8-3-9-25-15-7-2-5-13(11-15)17(21,22)23;/h1-11,24H;1H. The van der Waals surface area contributed by atoms with Gasteiger partial charge in [0.05, 0.1) is 11.1 Å². The molecule has 0 fully saturated rings. The molecular weight excluding hydrogens is 382 g/mol. The topological polar surface area (TPSA) is 26.0 Å². The van der Waals surface area contributed by atoms with Crippen molar-refractivity contribution >= 4 is 17.6 Å². The summed E-state index contributed by atoms with van der Waals surface area (Å²) in [5.41, 5.74) is -1.09. The van der Waals surface area contributed by atoms with Gasteiger partial charge in [0.1, 0.15) is 0 Å². The third-order valence-corrected chi connectivity index (χ3v) is 3.07. The maximum atomic E-state index is 12.6. The van der Waals surface area contributed by atoms with Gasteiger partial charge in [0.15, 0.2) is 6.21 Å². The second-order valence-electron chi connectivity index (χ2n) is 4.97. The number of allylic oxidation sites excluding steroid dienone is 1. The number of hydrogen-bond donors (Lipinski definition) is 2. The van der Waals surface area contributed by atoms with E-state index in [0.29, 0.717) is 0 Å². The predicted molar refractivity (Wildman–Crippen MR) is 82.3 cm³/mol. The van der Waals surface area contributed by atoms with Crippen LogP contribution in [0.2, 0.25) is 0 Å². The zero-order valence-electron chi connectivity index (χ0n) is 13.0. The average Bonchev–Trinajstić information content (AvgIpc) is 2.53. The Morgan fingerprint density at radius 2 is 1.38 bits per heavy atom. The largest absolute Gasteiger partial charge is 1.00 e. The number of anilines is 1. The predicted octanol–water partition coefficient (Wildman–Crippen LogP) is 1.14. The van der Waals surface area contributed by atoms with Crippen LogP contribution >= 0.6 is 0 Å². The van der Waals surface area contributed by atoms with Crippen LogP contribution in [0.1, 0.15) is 11.1 Å². The number of benzene rings is 2. The van der Waals surface area contributed by atoms with Crippen molar-refractivity contribution in [2.45, 2.75) is 12.4 Å². The van der Waals surface area contributed by atoms with Crippen molar-refractivity contribution in [2.75, 3.05) is 5.32 Å². The molecule has 0 atom stereocenters. The quantitative estimate of drug-likeness (QED) is 0.590. The summed E-state index contributed by atoms with van der Waals surface area (Å²) in [5.74, 6) is 0. The van der Waals surface area contributed by atoms with E-state index in [4.69, 9.17) is 0 Å². The molecule has 0 aromatic heterocycles. The van der Waals surface area contributed by atoms with Crippen LogP contribution in [0.15, 0.2) is 60.8 Å². The maximum Gasteiger partial charge on any atom is 0.416 e. The van der Waals surface area contributed by atoms with Crippen molar-refractivity contribution < 1.29 is 43.7 Å². The van der Waals surface area contributed by atoms with Crippen LogP contribution in [-0.4, -0.2) is 6.21 Å². The Labute approximate surface area is 151 Å². The Kier molecular flexibility index (Phi) is 7.26. The SMILES string of the molecule is FC(F)(F)c1cccc(NC=CC=[NH+]c2cccc(C(F)(F)F)c2)c1.[Cl-]. The van der Waals surface area contributed by atoms with Gasteiger partial charge in [0.25, 0.3) is 0 Å². The summed E-state index contributed by atoms with van der Waals surface area (Å²) in [4.78, 5) is 2.65. The molecule has 0 aliphatic rings. The average molecular weight is 395 g/mol. The highest BCUT2D eigenvalue weighted by molar-refractivity contribution is 5.67. The lowest BCUT2D eigenvalue weighted by atomic mass is 10.2. The number of rotatable bonds is 4. The fourth-order valence-corrected chi connectivity index (χ4v) is 1.91. The normalized spacial score (nSPS) is 12.4. The van der Waals surface area contributed by atoms with Crippen molar-refractivity contribution in [2.24, 2.45) is 0 Å². The number of hydrogen-bond acceptors (Lipinski definition) is 1. The Morgan fingerprint density at radius 3 is 2.00 bits per heavy atom. The van der Waals surface area contributed by atoms with Crippen LogP contribution in [0.4, 0.5) is 37.7 Å². The van der Waals surface area contributed by atoms with Crippen LogP contribution in [0.25, 0.3) is 0 Å². The zero-order chi connectivity index (χ0) is 18.5. The van der Waals surface area contributed by atoms with E-state index < -0.39 is 23.5 Å². The molecule has 9 heteroatoms. The molecule has 2 rings (SSSR count). The van der Waals surface area contributed by atoms with Gasteiger partial charge in [-0.3, -0.25) is 0 Å². The van der Waals surface area contributed by atoms with Gasteiger partial charge in [0, 0.05) is 30.1 Å². The Morgan fingerprint density at radius 1 is 0.808 bits per heavy atom. The molecule has 0 amide bonds. The minimum Gasteiger partial charge on any atom is -1.00 e. The second kappa shape index (κ2) is 8.75. The third kappa shape index (κ3) is 6.44. The molecule has 0 bridgehead atoms. The first-order valence-electron chi connectivity index (χ1n) is 7.02. The van der Waals surface area contributed by atoms with E-state index >= 15 is 0 Å². The summed E-state index contributed by atoms with van der Waals surface area (Å²) < 4.78 is 75.4. The molecule has 0 unspecified atom stereocenters. The molecule has 2 N–H and O–H groups in total. The van der Waals surface area contributed by atoms with Crippen LogP contribution in [0.5, 0.6) is 0 Å². The summed E-state index contributed by atoms with van der Waals surface area (Å²) in [6.45, 7) is 0. The lowest BCUT2D eigenvalue weighted by Crippen LogP contribution is -3.00. The minimum atomic E-state index is -4.43. The molecule has 0 saturated heterocycles. The van der Waals surface area contributed by atoms with Gasteiger partial charge in [-0.15, -0.1) is 0 Å². The second-order valence-corrected chi connectivity index (χ2v) is 4.97. The van der Waals surface area contributed by atoms with Crippen LogP contribution < -0.4 is 22.7 Å². The van der Waals surface area contributed by atoms with Crippen LogP contribution in [0.3, 0.4) is 0 Å². The first-order chi connectivity index (χ1) is 11.7. The molecule has 0 saturated carbocycles. The fraction of sp³-hybridized carbons (Fsp3) is 0.118. The van der Waals surface area contributed by atoms with Crippen molar-refractivity contribution in [3.05, 3.63) is 71.9 Å². The Hall–Kier alpha value is -2.48. The molecule has 0 aliphatic carbocycles. The number of nitrogens with one attached hydrogen (secondary N) is 2. The molecule has 2 aromatic carbocycles. The third-order valence-electron chi connectivity index (χ3n) is 3.07. The van der Waals surface area contributed by atoms with E-state index in [-0.39, 0.29) is 23.8 Å². The summed E-state index contributed by atoms with van der Waals surface area (Å²) >= 11 is 0. The van der Waals surface area contributed by atoms with E-state index in [1.807, 2.05) is 0 Å². The van der Waals surface area contributed by atoms with Crippen molar-refractivity contribution in [1.82, 2.24) is 0 Å². The van der Waals surface area contributed by atoms with E-state index in [1.54, 1.807) is 0 Å². The lowest BCUT2D eigenvalue weighted by Gasteiger charge is -2.08. The Bertz CT molecular complexity index is 781. The van der Waals surface area contributed by atoms with E-state index in [9.17, 15) is 26.3 Å². The van der Waals surface area contributed by atoms with Gasteiger partial charge < -0.3 is 17.7 Å². The summed E-state index contributed by atoms with van der Waals surface area (Å²) in [7, 11) is 0. The van der Waals surface area contributed by atoms with Crippen molar-refractivity contribution in [3.8, 4) is 0 Å². The molecule has 2 aromatic rings. The first kappa shape index (κ1) is 21.6. The fourth-order valence-electron chi connectivity index (χ4n) is 1.91. The number of alkyl halides is 6. The van der Waals surface area contributed by atoms with Gasteiger partial charge in [0.2, 0.25) is 5.69 Å². The van der Waals surface area contributed by atoms with Gasteiger partial charge in [-0.25, -0.2) is 4.99 Å². The molecule has 0 heterocycles. The van der Waals surface area contributed by atoms with E-state index in [0.717, 1.165) is 24.3 Å². The molecule has 2 nitrogen and oxygen atoms in total. The zero-order valence-corrected chi connectivity index (χ0v) is 13.8. The minimum absolute atomic E-state index is 0. The smallest absolute Gasteiger partial charge is 0.416 e. The highest BCUT2D eigenvalue weighted by Crippen LogP contribution is 2.31. The maximum absolute atomic E-state index is 12.6. The molecular formula is C17H13ClF6N2. The van der Waals surface area contributed by atoms with Gasteiger partial charge in [-0.1, -0.05) is 12.1 Å². The van der Waals surface area contributed by atoms with E-state index in [2.05, 4.69) is 10.3 Å². The molecule has 0 aliphatic heterocycles. The summed E-state index contributed by atoms with van der Waals surface area (Å²) in [5, 5.41) is 2.65. The van der Waals surface area contributed by atoms with Crippen molar-refractivity contribution in [1.29, 1.82) is 0 Å². The van der Waals surface area contributed by atoms with Crippen LogP contribution in [0, 0.1) is 0 Å². The lowest BCUT2D eigenvalue weighted by molar-refractivity contribution is -0.346. The van der Waals surface area contributed by atoms with Gasteiger partial charge >= 0.3 is 12.4 Å². The van der Waals surface area contributed by atoms with Gasteiger partial charge in [-0.2, -0.15) is 26.3 Å². The highest BCUT2D eigenvalue weighted by Gasteiger charge is 2.31. The summed E-state index contributed by atoms with van der Waals surface area (Å²) in [6.07, 6.45) is -4.73. The number of halogens is 7. The highest BCUT2D eigenvalue weighted by atomic mass is 35.5. The molecule has 140 valence electrons.